The van der Waals surface area contributed by atoms with Crippen LogP contribution in [-0.4, -0.2) is 317 Å². The first-order chi connectivity index (χ1) is 40.5. The first-order valence-electron chi connectivity index (χ1n) is 28.4. The molecule has 0 saturated carbocycles. The van der Waals surface area contributed by atoms with E-state index in [4.69, 9.17) is 98.3 Å². The lowest BCUT2D eigenvalue weighted by molar-refractivity contribution is -0.00357. The van der Waals surface area contributed by atoms with E-state index in [0.717, 1.165) is 50.7 Å². The Hall–Kier alpha value is -3.90. The van der Waals surface area contributed by atoms with Gasteiger partial charge >= 0.3 is 0 Å². The molecule has 32 heteroatoms. The zero-order chi connectivity index (χ0) is 59.0. The highest BCUT2D eigenvalue weighted by Gasteiger charge is 2.08. The van der Waals surface area contributed by atoms with Crippen LogP contribution in [0.2, 0.25) is 0 Å². The van der Waals surface area contributed by atoms with E-state index >= 15 is 0 Å². The van der Waals surface area contributed by atoms with Crippen molar-refractivity contribution in [1.29, 1.82) is 0 Å². The summed E-state index contributed by atoms with van der Waals surface area (Å²) in [4.78, 5) is 9.79. The van der Waals surface area contributed by atoms with Gasteiger partial charge in [0.2, 0.25) is 0 Å². The zero-order valence-corrected chi connectivity index (χ0v) is 49.2. The van der Waals surface area contributed by atoms with Gasteiger partial charge in [-0.25, -0.2) is 9.36 Å². The smallest absolute Gasteiger partial charge is 0.0796 e. The second kappa shape index (κ2) is 63.1. The SMILES string of the molecule is Cc1cn(CCOCCOCCOCCN(CCOCCOCCN)CCOCCOCCOCCn2cc(C)nn2)nn1.[N-]=[N+]=NCCOCCOCCOCCN(CCOCCOCCN)CCOCCOCCOCCN=[N+]=[N-]. The Balaban J connectivity index is 0.000000830. The van der Waals surface area contributed by atoms with Crippen molar-refractivity contribution in [2.24, 2.45) is 21.7 Å². The number of nitrogens with two attached hydrogens (primary N) is 2. The van der Waals surface area contributed by atoms with E-state index in [1.54, 1.807) is 9.36 Å². The summed E-state index contributed by atoms with van der Waals surface area (Å²) < 4.78 is 92.2. The first-order valence-corrected chi connectivity index (χ1v) is 28.4. The Morgan fingerprint density at radius 2 is 0.573 bits per heavy atom. The molecule has 0 fully saturated rings. The van der Waals surface area contributed by atoms with Gasteiger partial charge in [-0.2, -0.15) is 0 Å². The Morgan fingerprint density at radius 3 is 0.793 bits per heavy atom. The standard InChI is InChI=1S/C28H54N8O8.C22H46N8O8/c1-27-25-35(32-30-27)7-13-41-19-23-43-21-17-39-11-5-34(4-10-38-16-15-37-9-3-29)6-12-40-18-22-44-24-20-42-14-8-36-26-28(2)31-33-36;23-1-7-31-13-16-34-10-4-30(5-11-35-17-21-37-19-14-32-8-2-26-28-24)6-12-36-18-22-38-20-15-33-9-3-27-29-25/h25-26H,3-24,29H2,1-2H3;1-23H2. The van der Waals surface area contributed by atoms with Crippen molar-refractivity contribution in [2.75, 3.05) is 277 Å². The number of aromatic nitrogens is 6. The highest BCUT2D eigenvalue weighted by Crippen LogP contribution is 1.97. The minimum atomic E-state index is 0.319. The molecule has 0 aliphatic rings. The Morgan fingerprint density at radius 1 is 0.354 bits per heavy atom. The zero-order valence-electron chi connectivity index (χ0n) is 49.2. The molecule has 0 amide bonds. The van der Waals surface area contributed by atoms with Crippen LogP contribution in [0.1, 0.15) is 11.4 Å². The maximum absolute atomic E-state index is 8.18. The predicted octanol–water partition coefficient (Wildman–Crippen LogP) is 0.581. The van der Waals surface area contributed by atoms with E-state index in [0.29, 0.717) is 251 Å². The Bertz CT molecular complexity index is 1620. The van der Waals surface area contributed by atoms with Gasteiger partial charge in [-0.1, -0.05) is 20.7 Å². The molecule has 2 aromatic rings. The lowest BCUT2D eigenvalue weighted by Crippen LogP contribution is -2.34. The highest BCUT2D eigenvalue weighted by atomic mass is 16.6. The van der Waals surface area contributed by atoms with Crippen LogP contribution in [-0.2, 0) is 88.9 Å². The molecule has 0 bridgehead atoms. The van der Waals surface area contributed by atoms with E-state index in [1.165, 1.54) is 0 Å². The van der Waals surface area contributed by atoms with E-state index in [1.807, 2.05) is 26.2 Å². The van der Waals surface area contributed by atoms with Crippen LogP contribution in [0.3, 0.4) is 0 Å². The quantitative estimate of drug-likeness (QED) is 0.0396. The van der Waals surface area contributed by atoms with Gasteiger partial charge in [-0.05, 0) is 24.9 Å². The van der Waals surface area contributed by atoms with Gasteiger partial charge < -0.3 is 87.3 Å². The summed E-state index contributed by atoms with van der Waals surface area (Å²) in [5.41, 5.74) is 29.0. The number of ether oxygens (including phenoxy) is 16. The number of hydrogen-bond donors (Lipinski definition) is 2. The molecule has 0 atom stereocenters. The molecule has 2 heterocycles. The van der Waals surface area contributed by atoms with Crippen LogP contribution in [0.15, 0.2) is 22.6 Å². The average Bonchev–Trinajstić information content (AvgIpc) is 4.11. The summed E-state index contributed by atoms with van der Waals surface area (Å²) in [6, 6.07) is 0. The lowest BCUT2D eigenvalue weighted by atomic mass is 10.4. The molecule has 0 unspecified atom stereocenters. The molecule has 32 nitrogen and oxygen atoms in total. The van der Waals surface area contributed by atoms with Crippen molar-refractivity contribution in [3.8, 4) is 0 Å². The van der Waals surface area contributed by atoms with Gasteiger partial charge in [0.05, 0.1) is 236 Å². The summed E-state index contributed by atoms with van der Waals surface area (Å²) in [7, 11) is 0. The molecule has 0 aliphatic heterocycles. The molecule has 0 aliphatic carbocycles. The maximum atomic E-state index is 8.18. The summed E-state index contributed by atoms with van der Waals surface area (Å²) in [6.45, 7) is 28.0. The summed E-state index contributed by atoms with van der Waals surface area (Å²) in [5.74, 6) is 0. The Kier molecular flexibility index (Phi) is 58.6. The van der Waals surface area contributed by atoms with Crippen molar-refractivity contribution < 1.29 is 75.8 Å². The minimum Gasteiger partial charge on any atom is -0.379 e. The summed E-state index contributed by atoms with van der Waals surface area (Å²) in [6.07, 6.45) is 3.77. The van der Waals surface area contributed by atoms with Crippen molar-refractivity contribution in [1.82, 2.24) is 39.8 Å². The van der Waals surface area contributed by atoms with Crippen LogP contribution in [0.5, 0.6) is 0 Å². The molecule has 2 aromatic heterocycles. The van der Waals surface area contributed by atoms with Gasteiger partial charge in [-0.3, -0.25) is 9.80 Å². The van der Waals surface area contributed by atoms with E-state index in [2.05, 4.69) is 50.5 Å². The van der Waals surface area contributed by atoms with Crippen molar-refractivity contribution in [3.05, 3.63) is 44.7 Å². The van der Waals surface area contributed by atoms with Crippen LogP contribution < -0.4 is 11.5 Å². The second-order valence-electron chi connectivity index (χ2n) is 17.2. The third-order valence-corrected chi connectivity index (χ3v) is 10.6. The molecule has 2 rings (SSSR count). The van der Waals surface area contributed by atoms with Crippen LogP contribution in [0.4, 0.5) is 0 Å². The molecular weight excluding hydrogens is 1080 g/mol. The summed E-state index contributed by atoms with van der Waals surface area (Å²) in [5, 5.41) is 22.7. The molecule has 0 spiro atoms. The molecule has 0 saturated heterocycles. The molecule has 0 radical (unpaired) electrons. The van der Waals surface area contributed by atoms with E-state index in [-0.39, 0.29) is 0 Å². The number of azide groups is 2. The van der Waals surface area contributed by atoms with Gasteiger partial charge in [0.25, 0.3) is 0 Å². The van der Waals surface area contributed by atoms with Gasteiger partial charge in [-0.15, -0.1) is 10.2 Å². The highest BCUT2D eigenvalue weighted by molar-refractivity contribution is 4.86. The summed E-state index contributed by atoms with van der Waals surface area (Å²) >= 11 is 0. The van der Waals surface area contributed by atoms with Gasteiger partial charge in [0, 0.05) is 87.7 Å². The maximum Gasteiger partial charge on any atom is 0.0796 e. The van der Waals surface area contributed by atoms with Crippen LogP contribution >= 0.6 is 0 Å². The van der Waals surface area contributed by atoms with Crippen molar-refractivity contribution in [3.63, 3.8) is 0 Å². The average molecular weight is 1180 g/mol. The predicted molar refractivity (Wildman–Crippen MR) is 302 cm³/mol. The molecule has 476 valence electrons. The lowest BCUT2D eigenvalue weighted by Gasteiger charge is -2.22. The minimum absolute atomic E-state index is 0.319. The largest absolute Gasteiger partial charge is 0.379 e. The molecule has 4 N–H and O–H groups in total. The molecule has 82 heavy (non-hydrogen) atoms. The van der Waals surface area contributed by atoms with E-state index in [9.17, 15) is 0 Å². The fourth-order valence-electron chi connectivity index (χ4n) is 6.44. The third kappa shape index (κ3) is 55.3. The van der Waals surface area contributed by atoms with E-state index < -0.39 is 0 Å². The first kappa shape index (κ1) is 76.1. The fraction of sp³-hybridized carbons (Fsp3) is 0.920. The van der Waals surface area contributed by atoms with Crippen molar-refractivity contribution >= 4 is 0 Å². The number of hydrogen-bond acceptors (Lipinski definition) is 26. The molecular formula is C50H100N16O16. The normalized spacial score (nSPS) is 11.4. The Labute approximate surface area is 484 Å². The third-order valence-electron chi connectivity index (χ3n) is 10.6. The second-order valence-corrected chi connectivity index (χ2v) is 17.2. The number of rotatable bonds is 64. The fourth-order valence-corrected chi connectivity index (χ4v) is 6.44. The monoisotopic (exact) mass is 1180 g/mol. The van der Waals surface area contributed by atoms with Crippen LogP contribution in [0.25, 0.3) is 20.9 Å². The van der Waals surface area contributed by atoms with Gasteiger partial charge in [0.1, 0.15) is 0 Å². The van der Waals surface area contributed by atoms with Gasteiger partial charge in [0.15, 0.2) is 0 Å². The molecule has 0 aromatic carbocycles. The number of aryl methyl sites for hydroxylation is 2. The number of nitrogens with zero attached hydrogens (tertiary/aromatic N) is 14. The van der Waals surface area contributed by atoms with Crippen molar-refractivity contribution in [2.45, 2.75) is 26.9 Å². The topological polar surface area (TPSA) is 365 Å². The van der Waals surface area contributed by atoms with Crippen LogP contribution in [0, 0.1) is 13.8 Å².